The van der Waals surface area contributed by atoms with Gasteiger partial charge in [-0.05, 0) is 55.0 Å². The Balaban J connectivity index is 1.68. The third kappa shape index (κ3) is 5.01. The van der Waals surface area contributed by atoms with Gasteiger partial charge < -0.3 is 24.8 Å². The van der Waals surface area contributed by atoms with Gasteiger partial charge in [0.25, 0.3) is 0 Å². The number of aryl methyl sites for hydroxylation is 1. The van der Waals surface area contributed by atoms with Crippen LogP contribution in [-0.2, 0) is 14.8 Å². The fourth-order valence-electron chi connectivity index (χ4n) is 3.05. The molecule has 1 heterocycles. The van der Waals surface area contributed by atoms with Crippen LogP contribution in [0.15, 0.2) is 41.3 Å². The summed E-state index contributed by atoms with van der Waals surface area (Å²) in [5.41, 5.74) is 2.38. The van der Waals surface area contributed by atoms with Crippen molar-refractivity contribution >= 4 is 38.7 Å². The predicted octanol–water partition coefficient (Wildman–Crippen LogP) is 2.84. The van der Waals surface area contributed by atoms with Crippen LogP contribution < -0.4 is 20.1 Å². The number of sulfonamides is 1. The third-order valence-electron chi connectivity index (χ3n) is 4.70. The topological polar surface area (TPSA) is 89.1 Å². The largest absolute Gasteiger partial charge is 0.493 e. The fourth-order valence-corrected chi connectivity index (χ4v) is 4.68. The molecular weight excluding hydrogens is 426 g/mol. The Morgan fingerprint density at radius 3 is 2.23 bits per heavy atom. The summed E-state index contributed by atoms with van der Waals surface area (Å²) in [4.78, 5) is 0.240. The molecule has 0 atom stereocenters. The molecule has 0 unspecified atom stereocenters. The first kappa shape index (κ1) is 22.3. The first-order chi connectivity index (χ1) is 14.3. The maximum Gasteiger partial charge on any atom is 0.243 e. The van der Waals surface area contributed by atoms with E-state index in [0.717, 1.165) is 11.3 Å². The summed E-state index contributed by atoms with van der Waals surface area (Å²) in [6, 6.07) is 10.2. The number of methoxy groups -OCH3 is 2. The highest BCUT2D eigenvalue weighted by molar-refractivity contribution is 7.89. The standard InChI is InChI=1S/C20H25N3O5S2/c1-14-12-18(26-2)19(27-3)13-17(14)22-20(29)21-15-4-6-16(7-5-15)30(24,25)23-8-10-28-11-9-23/h4-7,12-13H,8-11H2,1-3H3,(H2,21,22,29). The van der Waals surface area contributed by atoms with E-state index < -0.39 is 10.0 Å². The highest BCUT2D eigenvalue weighted by Gasteiger charge is 2.26. The summed E-state index contributed by atoms with van der Waals surface area (Å²) < 4.78 is 42.7. The summed E-state index contributed by atoms with van der Waals surface area (Å²) in [6.45, 7) is 3.48. The van der Waals surface area contributed by atoms with Crippen LogP contribution >= 0.6 is 12.2 Å². The van der Waals surface area contributed by atoms with Gasteiger partial charge in [0.2, 0.25) is 10.0 Å². The van der Waals surface area contributed by atoms with Crippen molar-refractivity contribution in [1.82, 2.24) is 4.31 Å². The Morgan fingerprint density at radius 1 is 1.03 bits per heavy atom. The Bertz CT molecular complexity index is 1000. The molecule has 0 radical (unpaired) electrons. The molecule has 2 aromatic carbocycles. The lowest BCUT2D eigenvalue weighted by Crippen LogP contribution is -2.40. The number of morpholine rings is 1. The monoisotopic (exact) mass is 451 g/mol. The molecule has 162 valence electrons. The van der Waals surface area contributed by atoms with Crippen LogP contribution in [0.5, 0.6) is 11.5 Å². The number of benzene rings is 2. The van der Waals surface area contributed by atoms with Crippen molar-refractivity contribution in [3.8, 4) is 11.5 Å². The van der Waals surface area contributed by atoms with Gasteiger partial charge in [0, 0.05) is 30.5 Å². The number of thiocarbonyl (C=S) groups is 1. The molecule has 3 rings (SSSR count). The van der Waals surface area contributed by atoms with Gasteiger partial charge in [-0.25, -0.2) is 8.42 Å². The van der Waals surface area contributed by atoms with Crippen molar-refractivity contribution in [1.29, 1.82) is 0 Å². The van der Waals surface area contributed by atoms with E-state index in [2.05, 4.69) is 10.6 Å². The Hall–Kier alpha value is -2.40. The summed E-state index contributed by atoms with van der Waals surface area (Å²) >= 11 is 5.39. The minimum absolute atomic E-state index is 0.240. The second kappa shape index (κ2) is 9.61. The van der Waals surface area contributed by atoms with Gasteiger partial charge in [-0.1, -0.05) is 0 Å². The summed E-state index contributed by atoms with van der Waals surface area (Å²) in [6.07, 6.45) is 0. The smallest absolute Gasteiger partial charge is 0.243 e. The summed E-state index contributed by atoms with van der Waals surface area (Å²) in [7, 11) is -0.372. The first-order valence-corrected chi connectivity index (χ1v) is 11.2. The van der Waals surface area contributed by atoms with Gasteiger partial charge in [0.1, 0.15) is 0 Å². The Morgan fingerprint density at radius 2 is 1.63 bits per heavy atom. The van der Waals surface area contributed by atoms with E-state index in [1.54, 1.807) is 44.6 Å². The number of hydrogen-bond donors (Lipinski definition) is 2. The number of ether oxygens (including phenoxy) is 3. The van der Waals surface area contributed by atoms with E-state index in [0.29, 0.717) is 48.6 Å². The molecule has 0 aliphatic carbocycles. The van der Waals surface area contributed by atoms with Crippen molar-refractivity contribution < 1.29 is 22.6 Å². The Kier molecular flexibility index (Phi) is 7.14. The molecule has 2 aromatic rings. The molecular formula is C20H25N3O5S2. The van der Waals surface area contributed by atoms with Crippen molar-refractivity contribution in [3.63, 3.8) is 0 Å². The molecule has 0 spiro atoms. The van der Waals surface area contributed by atoms with Crippen LogP contribution in [0.2, 0.25) is 0 Å². The second-order valence-corrected chi connectivity index (χ2v) is 8.99. The number of anilines is 2. The predicted molar refractivity (Wildman–Crippen MR) is 120 cm³/mol. The van der Waals surface area contributed by atoms with E-state index in [4.69, 9.17) is 26.4 Å². The van der Waals surface area contributed by atoms with Crippen LogP contribution in [0.1, 0.15) is 5.56 Å². The minimum atomic E-state index is -3.52. The molecule has 1 aliphatic heterocycles. The second-order valence-electron chi connectivity index (χ2n) is 6.64. The van der Waals surface area contributed by atoms with Crippen molar-refractivity contribution in [3.05, 3.63) is 42.0 Å². The van der Waals surface area contributed by atoms with Crippen LogP contribution in [-0.4, -0.2) is 58.4 Å². The van der Waals surface area contributed by atoms with Crippen LogP contribution in [0.4, 0.5) is 11.4 Å². The molecule has 2 N–H and O–H groups in total. The normalized spacial score (nSPS) is 14.8. The molecule has 30 heavy (non-hydrogen) atoms. The molecule has 0 aromatic heterocycles. The lowest BCUT2D eigenvalue weighted by molar-refractivity contribution is 0.0730. The van der Waals surface area contributed by atoms with Gasteiger partial charge in [-0.2, -0.15) is 4.31 Å². The van der Waals surface area contributed by atoms with Gasteiger partial charge in [-0.3, -0.25) is 0 Å². The molecule has 8 nitrogen and oxygen atoms in total. The highest BCUT2D eigenvalue weighted by atomic mass is 32.2. The number of rotatable bonds is 6. The van der Waals surface area contributed by atoms with Gasteiger partial charge >= 0.3 is 0 Å². The van der Waals surface area contributed by atoms with Crippen molar-refractivity contribution in [2.75, 3.05) is 51.2 Å². The van der Waals surface area contributed by atoms with E-state index in [9.17, 15) is 8.42 Å². The minimum Gasteiger partial charge on any atom is -0.493 e. The van der Waals surface area contributed by atoms with Crippen LogP contribution in [0, 0.1) is 6.92 Å². The van der Waals surface area contributed by atoms with Gasteiger partial charge in [0.15, 0.2) is 16.6 Å². The third-order valence-corrected chi connectivity index (χ3v) is 6.82. The zero-order valence-corrected chi connectivity index (χ0v) is 18.7. The quantitative estimate of drug-likeness (QED) is 0.648. The maximum atomic E-state index is 12.7. The number of hydrogen-bond acceptors (Lipinski definition) is 6. The number of nitrogens with one attached hydrogen (secondary N) is 2. The molecule has 0 bridgehead atoms. The molecule has 1 aliphatic rings. The van der Waals surface area contributed by atoms with Crippen LogP contribution in [0.25, 0.3) is 0 Å². The lowest BCUT2D eigenvalue weighted by Gasteiger charge is -2.26. The zero-order chi connectivity index (χ0) is 21.7. The van der Waals surface area contributed by atoms with E-state index in [1.807, 2.05) is 13.0 Å². The molecule has 0 amide bonds. The fraction of sp³-hybridized carbons (Fsp3) is 0.350. The van der Waals surface area contributed by atoms with E-state index in [-0.39, 0.29) is 4.90 Å². The van der Waals surface area contributed by atoms with E-state index in [1.165, 1.54) is 4.31 Å². The average molecular weight is 452 g/mol. The lowest BCUT2D eigenvalue weighted by atomic mass is 10.1. The summed E-state index contributed by atoms with van der Waals surface area (Å²) in [5, 5.41) is 6.56. The number of nitrogens with zero attached hydrogens (tertiary/aromatic N) is 1. The SMILES string of the molecule is COc1cc(C)c(NC(=S)Nc2ccc(S(=O)(=O)N3CCOCC3)cc2)cc1OC. The molecule has 1 fully saturated rings. The average Bonchev–Trinajstić information content (AvgIpc) is 2.75. The van der Waals surface area contributed by atoms with E-state index >= 15 is 0 Å². The molecule has 10 heteroatoms. The summed E-state index contributed by atoms with van der Waals surface area (Å²) in [5.74, 6) is 1.22. The van der Waals surface area contributed by atoms with Crippen molar-refractivity contribution in [2.24, 2.45) is 0 Å². The molecule has 0 saturated carbocycles. The maximum absolute atomic E-state index is 12.7. The zero-order valence-electron chi connectivity index (χ0n) is 17.1. The first-order valence-electron chi connectivity index (χ1n) is 9.33. The van der Waals surface area contributed by atoms with Crippen LogP contribution in [0.3, 0.4) is 0 Å². The van der Waals surface area contributed by atoms with Gasteiger partial charge in [-0.15, -0.1) is 0 Å². The van der Waals surface area contributed by atoms with Gasteiger partial charge in [0.05, 0.1) is 32.3 Å². The van der Waals surface area contributed by atoms with Crippen molar-refractivity contribution in [2.45, 2.75) is 11.8 Å². The highest BCUT2D eigenvalue weighted by Crippen LogP contribution is 2.33. The molecule has 1 saturated heterocycles. The Labute approximate surface area is 182 Å².